The standard InChI is InChI=1S/C50H55ClN8O8/c1-27(2)41(55-48(62)65-5)47(61)59-28(3)12-17-38(59)45-52-37-16-14-30-20-36-34-15-13-31(19-32(34)24-67-40(36)21-35(30)43(37)54-45)42-44(51)56-46(53-42)39-18-29(23-64-4)22-58(39)25-50(26-60,57-49(63)66-6)33-10-8-7-9-11-33/h7-11,13-16,19-21,26-29,38-39,41H,12,17-18,22-25H2,1-6H3,(H,52,54)(H,53,56)(H,55,62)(H,57,63)/t28-,29-,38-,39-,41-,50-/m0/s1. The number of alkyl carbamates (subject to hydrolysis) is 2. The van der Waals surface area contributed by atoms with Gasteiger partial charge in [-0.3, -0.25) is 9.69 Å². The predicted molar refractivity (Wildman–Crippen MR) is 252 cm³/mol. The van der Waals surface area contributed by atoms with Crippen LogP contribution in [0, 0.1) is 11.8 Å². The van der Waals surface area contributed by atoms with Crippen molar-refractivity contribution in [3.63, 3.8) is 0 Å². The summed E-state index contributed by atoms with van der Waals surface area (Å²) in [5.41, 5.74) is 5.23. The molecule has 2 saturated heterocycles. The van der Waals surface area contributed by atoms with Crippen LogP contribution in [0.25, 0.3) is 44.2 Å². The first-order valence-electron chi connectivity index (χ1n) is 22.6. The molecule has 3 amide bonds. The van der Waals surface area contributed by atoms with Crippen molar-refractivity contribution in [1.29, 1.82) is 0 Å². The number of carbonyl (C=O) groups is 4. The lowest BCUT2D eigenvalue weighted by atomic mass is 9.90. The van der Waals surface area contributed by atoms with Crippen molar-refractivity contribution in [2.75, 3.05) is 41.0 Å². The number of likely N-dealkylation sites (tertiary alicyclic amines) is 2. The molecule has 0 radical (unpaired) electrons. The first kappa shape index (κ1) is 45.7. The van der Waals surface area contributed by atoms with Crippen LogP contribution in [0.15, 0.2) is 72.8 Å². The summed E-state index contributed by atoms with van der Waals surface area (Å²) in [5.74, 6) is 1.89. The molecule has 0 saturated carbocycles. The number of aldehydes is 1. The van der Waals surface area contributed by atoms with Gasteiger partial charge in [-0.05, 0) is 84.4 Å². The molecule has 3 aliphatic rings. The number of imidazole rings is 2. The van der Waals surface area contributed by atoms with Gasteiger partial charge in [0.1, 0.15) is 46.4 Å². The van der Waals surface area contributed by atoms with Gasteiger partial charge in [-0.1, -0.05) is 74.0 Å². The second-order valence-corrected chi connectivity index (χ2v) is 18.6. The molecule has 3 aliphatic heterocycles. The van der Waals surface area contributed by atoms with Crippen molar-refractivity contribution in [3.8, 4) is 28.1 Å². The van der Waals surface area contributed by atoms with Crippen molar-refractivity contribution >= 4 is 57.8 Å². The first-order valence-corrected chi connectivity index (χ1v) is 23.0. The molecule has 6 aromatic rings. The number of benzene rings is 4. The number of halogens is 1. The highest BCUT2D eigenvalue weighted by atomic mass is 35.5. The summed E-state index contributed by atoms with van der Waals surface area (Å²) in [7, 11) is 4.23. The number of amides is 3. The number of aromatic amines is 2. The zero-order valence-electron chi connectivity index (χ0n) is 38.4. The minimum atomic E-state index is -1.40. The lowest BCUT2D eigenvalue weighted by Gasteiger charge is -2.35. The molecular weight excluding hydrogens is 876 g/mol. The van der Waals surface area contributed by atoms with E-state index in [0.717, 1.165) is 68.9 Å². The van der Waals surface area contributed by atoms with Crippen LogP contribution < -0.4 is 15.4 Å². The van der Waals surface area contributed by atoms with Crippen LogP contribution in [0.4, 0.5) is 9.59 Å². The van der Waals surface area contributed by atoms with Crippen LogP contribution in [0.1, 0.15) is 74.9 Å². The highest BCUT2D eigenvalue weighted by Gasteiger charge is 2.44. The van der Waals surface area contributed by atoms with Crippen molar-refractivity contribution in [2.45, 2.75) is 76.3 Å². The smallest absolute Gasteiger partial charge is 0.407 e. The molecule has 16 nitrogen and oxygen atoms in total. The quantitative estimate of drug-likeness (QED) is 0.0816. The maximum atomic E-state index is 14.0. The van der Waals surface area contributed by atoms with Crippen molar-refractivity contribution in [3.05, 3.63) is 101 Å². The van der Waals surface area contributed by atoms with E-state index < -0.39 is 23.8 Å². The van der Waals surface area contributed by atoms with Gasteiger partial charge in [0.15, 0.2) is 6.29 Å². The maximum absolute atomic E-state index is 14.0. The average molecular weight is 931 g/mol. The zero-order valence-corrected chi connectivity index (χ0v) is 39.1. The third kappa shape index (κ3) is 8.57. The Morgan fingerprint density at radius 3 is 2.45 bits per heavy atom. The number of methoxy groups -OCH3 is 3. The molecule has 2 aromatic heterocycles. The van der Waals surface area contributed by atoms with Gasteiger partial charge < -0.3 is 49.2 Å². The van der Waals surface area contributed by atoms with E-state index in [1.54, 1.807) is 7.11 Å². The van der Waals surface area contributed by atoms with E-state index in [1.807, 2.05) is 74.2 Å². The molecule has 4 aromatic carbocycles. The summed E-state index contributed by atoms with van der Waals surface area (Å²) in [6.45, 7) is 7.41. The summed E-state index contributed by atoms with van der Waals surface area (Å²) >= 11 is 6.98. The fourth-order valence-corrected chi connectivity index (χ4v) is 10.5. The van der Waals surface area contributed by atoms with Gasteiger partial charge in [0.05, 0.1) is 43.9 Å². The van der Waals surface area contributed by atoms with Crippen molar-refractivity contribution in [1.82, 2.24) is 40.4 Å². The molecule has 17 heteroatoms. The average Bonchev–Trinajstić information content (AvgIpc) is 4.14. The normalized spacial score (nSPS) is 20.5. The Bertz CT molecular complexity index is 2850. The van der Waals surface area contributed by atoms with Gasteiger partial charge in [-0.2, -0.15) is 0 Å². The molecule has 67 heavy (non-hydrogen) atoms. The summed E-state index contributed by atoms with van der Waals surface area (Å²) in [4.78, 5) is 73.0. The van der Waals surface area contributed by atoms with E-state index in [-0.39, 0.29) is 42.4 Å². The summed E-state index contributed by atoms with van der Waals surface area (Å²) in [5, 5.41) is 7.85. The molecule has 350 valence electrons. The predicted octanol–water partition coefficient (Wildman–Crippen LogP) is 8.21. The third-order valence-electron chi connectivity index (χ3n) is 13.6. The largest absolute Gasteiger partial charge is 0.488 e. The van der Waals surface area contributed by atoms with E-state index in [4.69, 9.17) is 40.5 Å². The number of fused-ring (bicyclic) bond motifs is 6. The Hall–Kier alpha value is -6.49. The molecule has 4 N–H and O–H groups in total. The molecule has 5 heterocycles. The van der Waals surface area contributed by atoms with E-state index in [0.29, 0.717) is 54.2 Å². The topological polar surface area (TPSA) is 193 Å². The number of aromatic nitrogens is 4. The number of ether oxygens (including phenoxy) is 4. The summed E-state index contributed by atoms with van der Waals surface area (Å²) in [6, 6.07) is 22.2. The maximum Gasteiger partial charge on any atom is 0.407 e. The van der Waals surface area contributed by atoms with E-state index in [2.05, 4.69) is 49.8 Å². The molecule has 0 aliphatic carbocycles. The van der Waals surface area contributed by atoms with Crippen LogP contribution in [0.5, 0.6) is 5.75 Å². The van der Waals surface area contributed by atoms with Crippen LogP contribution in [0.3, 0.4) is 0 Å². The fourth-order valence-electron chi connectivity index (χ4n) is 10.3. The van der Waals surface area contributed by atoms with Crippen LogP contribution in [-0.2, 0) is 35.9 Å². The molecular formula is C50H55ClN8O8. The second kappa shape index (κ2) is 18.7. The first-order chi connectivity index (χ1) is 32.3. The Kier molecular flexibility index (Phi) is 12.7. The Morgan fingerprint density at radius 2 is 1.72 bits per heavy atom. The van der Waals surface area contributed by atoms with E-state index in [1.165, 1.54) is 14.2 Å². The van der Waals surface area contributed by atoms with E-state index in [9.17, 15) is 19.2 Å². The number of hydrogen-bond donors (Lipinski definition) is 4. The Labute approximate surface area is 393 Å². The lowest BCUT2D eigenvalue weighted by Crippen LogP contribution is -2.54. The third-order valence-corrected chi connectivity index (χ3v) is 13.9. The lowest BCUT2D eigenvalue weighted by molar-refractivity contribution is -0.137. The minimum absolute atomic E-state index is 0.0413. The number of rotatable bonds is 13. The number of H-pyrrole nitrogens is 2. The van der Waals surface area contributed by atoms with Gasteiger partial charge in [0.25, 0.3) is 0 Å². The number of hydrogen-bond acceptors (Lipinski definition) is 11. The molecule has 6 atom stereocenters. The molecule has 0 spiro atoms. The monoisotopic (exact) mass is 930 g/mol. The summed E-state index contributed by atoms with van der Waals surface area (Å²) in [6.07, 6.45) is 1.62. The van der Waals surface area contributed by atoms with E-state index >= 15 is 0 Å². The second-order valence-electron chi connectivity index (χ2n) is 18.2. The molecule has 0 unspecified atom stereocenters. The van der Waals surface area contributed by atoms with Gasteiger partial charge >= 0.3 is 12.2 Å². The number of nitrogens with one attached hydrogen (secondary N) is 4. The number of nitrogens with zero attached hydrogens (tertiary/aromatic N) is 4. The van der Waals surface area contributed by atoms with Crippen LogP contribution in [-0.4, -0.2) is 107 Å². The fraction of sp³-hybridized carbons (Fsp3) is 0.400. The summed E-state index contributed by atoms with van der Waals surface area (Å²) < 4.78 is 21.8. The molecule has 9 rings (SSSR count). The van der Waals surface area contributed by atoms with Gasteiger partial charge in [0, 0.05) is 42.8 Å². The zero-order chi connectivity index (χ0) is 47.1. The Morgan fingerprint density at radius 1 is 0.940 bits per heavy atom. The Balaban J connectivity index is 0.992. The highest BCUT2D eigenvalue weighted by molar-refractivity contribution is 6.32. The van der Waals surface area contributed by atoms with Crippen LogP contribution in [0.2, 0.25) is 5.15 Å². The SMILES string of the molecule is COC[C@H]1C[C@@H](c2nc(-c3ccc4c(c3)COc3cc5c(ccc6[nH]c([C@@H]7CC[C@H](C)N7C(=O)[C@@H](NC(=O)OC)C(C)C)nc65)cc3-4)c(Cl)[nH]2)N(C[C@@](C=O)(NC(=O)OC)c2ccccc2)C1. The van der Waals surface area contributed by atoms with Crippen molar-refractivity contribution < 1.29 is 38.1 Å². The number of carbonyl (C=O) groups excluding carboxylic acids is 4. The van der Waals surface area contributed by atoms with Gasteiger partial charge in [-0.25, -0.2) is 19.6 Å². The molecule has 0 bridgehead atoms. The minimum Gasteiger partial charge on any atom is -0.488 e. The van der Waals surface area contributed by atoms with Gasteiger partial charge in [-0.15, -0.1) is 0 Å². The molecule has 2 fully saturated rings. The van der Waals surface area contributed by atoms with Crippen LogP contribution >= 0.6 is 11.6 Å². The van der Waals surface area contributed by atoms with Gasteiger partial charge in [0.2, 0.25) is 5.91 Å². The highest BCUT2D eigenvalue weighted by Crippen LogP contribution is 2.45. The van der Waals surface area contributed by atoms with Crippen molar-refractivity contribution in [2.24, 2.45) is 11.8 Å².